The van der Waals surface area contributed by atoms with E-state index in [0.29, 0.717) is 5.69 Å². The van der Waals surface area contributed by atoms with Gasteiger partial charge in [0, 0.05) is 23.2 Å². The minimum atomic E-state index is 0.207. The summed E-state index contributed by atoms with van der Waals surface area (Å²) < 4.78 is 0. The Morgan fingerprint density at radius 1 is 1.24 bits per heavy atom. The van der Waals surface area contributed by atoms with Gasteiger partial charge >= 0.3 is 0 Å². The number of anilines is 1. The van der Waals surface area contributed by atoms with Crippen LogP contribution in [0.4, 0.5) is 5.69 Å². The van der Waals surface area contributed by atoms with Crippen LogP contribution in [0, 0.1) is 11.3 Å². The SMILES string of the molecule is CC(C)Nc1c(C#N)nnc2cc(-c3cn[nH]c3)ccc12. The van der Waals surface area contributed by atoms with Crippen LogP contribution in [-0.4, -0.2) is 26.4 Å². The first-order chi connectivity index (χ1) is 10.2. The van der Waals surface area contributed by atoms with E-state index in [0.717, 1.165) is 27.7 Å². The van der Waals surface area contributed by atoms with Crippen LogP contribution in [0.25, 0.3) is 22.0 Å². The van der Waals surface area contributed by atoms with Crippen molar-refractivity contribution in [1.29, 1.82) is 5.26 Å². The summed E-state index contributed by atoms with van der Waals surface area (Å²) in [5.41, 5.74) is 3.78. The second-order valence-corrected chi connectivity index (χ2v) is 5.05. The molecule has 6 nitrogen and oxygen atoms in total. The Hall–Kier alpha value is -2.94. The number of H-pyrrole nitrogens is 1. The third-order valence-electron chi connectivity index (χ3n) is 3.13. The number of aromatic amines is 1. The largest absolute Gasteiger partial charge is 0.380 e. The number of aromatic nitrogens is 4. The Bertz CT molecular complexity index is 814. The van der Waals surface area contributed by atoms with Gasteiger partial charge in [0.25, 0.3) is 0 Å². The molecule has 0 spiro atoms. The van der Waals surface area contributed by atoms with Gasteiger partial charge in [-0.2, -0.15) is 10.4 Å². The van der Waals surface area contributed by atoms with Gasteiger partial charge in [-0.05, 0) is 31.5 Å². The summed E-state index contributed by atoms with van der Waals surface area (Å²) >= 11 is 0. The van der Waals surface area contributed by atoms with Crippen LogP contribution >= 0.6 is 0 Å². The number of nitrogens with one attached hydrogen (secondary N) is 2. The maximum Gasteiger partial charge on any atom is 0.186 e. The number of benzene rings is 1. The molecule has 0 bridgehead atoms. The maximum absolute atomic E-state index is 9.19. The average molecular weight is 278 g/mol. The zero-order valence-electron chi connectivity index (χ0n) is 11.8. The van der Waals surface area contributed by atoms with Crippen molar-refractivity contribution in [2.24, 2.45) is 0 Å². The molecule has 3 rings (SSSR count). The molecule has 0 radical (unpaired) electrons. The van der Waals surface area contributed by atoms with Gasteiger partial charge in [-0.1, -0.05) is 6.07 Å². The molecule has 0 saturated carbocycles. The third-order valence-corrected chi connectivity index (χ3v) is 3.13. The lowest BCUT2D eigenvalue weighted by molar-refractivity contribution is 0.894. The highest BCUT2D eigenvalue weighted by atomic mass is 15.1. The summed E-state index contributed by atoms with van der Waals surface area (Å²) in [7, 11) is 0. The smallest absolute Gasteiger partial charge is 0.186 e. The van der Waals surface area contributed by atoms with Crippen LogP contribution in [0.2, 0.25) is 0 Å². The Balaban J connectivity index is 2.18. The average Bonchev–Trinajstić information content (AvgIpc) is 3.00. The van der Waals surface area contributed by atoms with Crippen LogP contribution in [-0.2, 0) is 0 Å². The van der Waals surface area contributed by atoms with Crippen molar-refractivity contribution in [3.05, 3.63) is 36.3 Å². The standard InChI is InChI=1S/C15H14N6/c1-9(2)19-15-12-4-3-10(11-7-17-18-8-11)5-13(12)20-21-14(15)6-16/h3-5,7-9H,1-2H3,(H,17,18)(H,19,20). The van der Waals surface area contributed by atoms with E-state index in [1.165, 1.54) is 0 Å². The van der Waals surface area contributed by atoms with Crippen molar-refractivity contribution in [2.45, 2.75) is 19.9 Å². The molecule has 0 unspecified atom stereocenters. The third kappa shape index (κ3) is 2.41. The summed E-state index contributed by atoms with van der Waals surface area (Å²) in [5.74, 6) is 0. The molecule has 1 aromatic carbocycles. The minimum absolute atomic E-state index is 0.207. The molecule has 3 aromatic rings. The van der Waals surface area contributed by atoms with E-state index in [2.05, 4.69) is 31.8 Å². The normalized spacial score (nSPS) is 10.8. The van der Waals surface area contributed by atoms with Crippen molar-refractivity contribution >= 4 is 16.6 Å². The molecule has 104 valence electrons. The van der Waals surface area contributed by atoms with Gasteiger partial charge in [-0.25, -0.2) is 0 Å². The van der Waals surface area contributed by atoms with Crippen molar-refractivity contribution in [2.75, 3.05) is 5.32 Å². The molecule has 21 heavy (non-hydrogen) atoms. The van der Waals surface area contributed by atoms with Crippen LogP contribution in [0.1, 0.15) is 19.5 Å². The predicted molar refractivity (Wildman–Crippen MR) is 80.6 cm³/mol. The molecular formula is C15H14N6. The quantitative estimate of drug-likeness (QED) is 0.768. The van der Waals surface area contributed by atoms with E-state index < -0.39 is 0 Å². The molecule has 0 aliphatic heterocycles. The highest BCUT2D eigenvalue weighted by molar-refractivity contribution is 5.95. The predicted octanol–water partition coefficient (Wildman–Crippen LogP) is 2.71. The molecule has 0 saturated heterocycles. The van der Waals surface area contributed by atoms with Crippen LogP contribution < -0.4 is 5.32 Å². The Morgan fingerprint density at radius 3 is 2.76 bits per heavy atom. The summed E-state index contributed by atoms with van der Waals surface area (Å²) in [6.45, 7) is 4.04. The van der Waals surface area contributed by atoms with Gasteiger partial charge < -0.3 is 5.32 Å². The zero-order valence-corrected chi connectivity index (χ0v) is 11.8. The molecule has 2 aromatic heterocycles. The van der Waals surface area contributed by atoms with Gasteiger partial charge in [0.2, 0.25) is 0 Å². The van der Waals surface area contributed by atoms with Crippen molar-refractivity contribution in [3.63, 3.8) is 0 Å². The monoisotopic (exact) mass is 278 g/mol. The topological polar surface area (TPSA) is 90.3 Å². The van der Waals surface area contributed by atoms with E-state index in [9.17, 15) is 5.26 Å². The Labute approximate surface area is 121 Å². The molecule has 0 amide bonds. The van der Waals surface area contributed by atoms with Crippen LogP contribution in [0.3, 0.4) is 0 Å². The van der Waals surface area contributed by atoms with E-state index in [4.69, 9.17) is 0 Å². The van der Waals surface area contributed by atoms with Gasteiger partial charge in [-0.3, -0.25) is 5.10 Å². The number of rotatable bonds is 3. The molecule has 0 fully saturated rings. The second-order valence-electron chi connectivity index (χ2n) is 5.05. The van der Waals surface area contributed by atoms with E-state index in [-0.39, 0.29) is 6.04 Å². The fourth-order valence-electron chi connectivity index (χ4n) is 2.21. The van der Waals surface area contributed by atoms with Gasteiger partial charge in [0.15, 0.2) is 5.69 Å². The molecule has 0 aliphatic rings. The molecule has 0 aliphatic carbocycles. The van der Waals surface area contributed by atoms with Gasteiger partial charge in [0.05, 0.1) is 17.4 Å². The molecule has 2 N–H and O–H groups in total. The molecule has 0 atom stereocenters. The molecule has 6 heteroatoms. The van der Waals surface area contributed by atoms with Crippen LogP contribution in [0.5, 0.6) is 0 Å². The molecular weight excluding hydrogens is 264 g/mol. The minimum Gasteiger partial charge on any atom is -0.380 e. The lowest BCUT2D eigenvalue weighted by Crippen LogP contribution is -2.12. The van der Waals surface area contributed by atoms with Gasteiger partial charge in [0.1, 0.15) is 6.07 Å². The zero-order chi connectivity index (χ0) is 14.8. The summed E-state index contributed by atoms with van der Waals surface area (Å²) in [6, 6.07) is 8.18. The summed E-state index contributed by atoms with van der Waals surface area (Å²) in [6.07, 6.45) is 3.58. The number of nitriles is 1. The number of nitrogens with zero attached hydrogens (tertiary/aromatic N) is 4. The van der Waals surface area contributed by atoms with Crippen molar-refractivity contribution in [1.82, 2.24) is 20.4 Å². The number of hydrogen-bond acceptors (Lipinski definition) is 5. The van der Waals surface area contributed by atoms with E-state index in [1.807, 2.05) is 38.2 Å². The van der Waals surface area contributed by atoms with E-state index >= 15 is 0 Å². The molecule has 2 heterocycles. The van der Waals surface area contributed by atoms with Crippen LogP contribution in [0.15, 0.2) is 30.6 Å². The summed E-state index contributed by atoms with van der Waals surface area (Å²) in [4.78, 5) is 0. The maximum atomic E-state index is 9.19. The van der Waals surface area contributed by atoms with E-state index in [1.54, 1.807) is 6.20 Å². The Morgan fingerprint density at radius 2 is 2.10 bits per heavy atom. The first-order valence-electron chi connectivity index (χ1n) is 6.65. The van der Waals surface area contributed by atoms with Crippen molar-refractivity contribution in [3.8, 4) is 17.2 Å². The lowest BCUT2D eigenvalue weighted by Gasteiger charge is -2.13. The highest BCUT2D eigenvalue weighted by Crippen LogP contribution is 2.28. The van der Waals surface area contributed by atoms with Gasteiger partial charge in [-0.15, -0.1) is 10.2 Å². The fraction of sp³-hybridized carbons (Fsp3) is 0.200. The Kier molecular flexibility index (Phi) is 3.24. The van der Waals surface area contributed by atoms with Crippen molar-refractivity contribution < 1.29 is 0 Å². The lowest BCUT2D eigenvalue weighted by atomic mass is 10.1. The number of hydrogen-bond donors (Lipinski definition) is 2. The number of fused-ring (bicyclic) bond motifs is 1. The first kappa shape index (κ1) is 13.1. The highest BCUT2D eigenvalue weighted by Gasteiger charge is 2.12. The summed E-state index contributed by atoms with van der Waals surface area (Å²) in [5, 5.41) is 28.2. The first-order valence-corrected chi connectivity index (χ1v) is 6.65. The fourth-order valence-corrected chi connectivity index (χ4v) is 2.21. The second kappa shape index (κ2) is 5.21.